The second-order valence-electron chi connectivity index (χ2n) is 1.76. The average Bonchev–Trinajstić information content (AvgIpc) is 1.83. The first kappa shape index (κ1) is 9.74. The number of hydrogen-bond acceptors (Lipinski definition) is 2. The molecule has 0 aliphatic heterocycles. The minimum atomic E-state index is -3.10. The van der Waals surface area contributed by atoms with E-state index in [-0.39, 0.29) is 6.21 Å². The molecule has 0 rings (SSSR count). The zero-order chi connectivity index (χ0) is 8.91. The Morgan fingerprint density at radius 1 is 1.73 bits per heavy atom. The molecule has 0 aromatic heterocycles. The molecule has 5 heteroatoms. The maximum Gasteiger partial charge on any atom is 0.438 e. The van der Waals surface area contributed by atoms with Gasteiger partial charge in [-0.3, -0.25) is 0 Å². The number of alkyl halides is 2. The van der Waals surface area contributed by atoms with Gasteiger partial charge in [0.15, 0.2) is 0 Å². The zero-order valence-corrected chi connectivity index (χ0v) is 5.88. The van der Waals surface area contributed by atoms with Crippen molar-refractivity contribution in [1.29, 1.82) is 0 Å². The Morgan fingerprint density at radius 3 is 2.64 bits per heavy atom. The molecule has 0 aliphatic carbocycles. The van der Waals surface area contributed by atoms with Crippen molar-refractivity contribution in [3.8, 4) is 0 Å². The Balaban J connectivity index is 3.93. The van der Waals surface area contributed by atoms with Crippen molar-refractivity contribution in [2.24, 2.45) is 4.99 Å². The van der Waals surface area contributed by atoms with E-state index in [2.05, 4.69) is 16.3 Å². The van der Waals surface area contributed by atoms with Crippen molar-refractivity contribution in [3.63, 3.8) is 0 Å². The summed E-state index contributed by atoms with van der Waals surface area (Å²) in [5.74, 6) is -3.10. The van der Waals surface area contributed by atoms with Crippen molar-refractivity contribution in [1.82, 2.24) is 0 Å². The molecule has 0 N–H and O–H groups in total. The number of nitrogens with zero attached hydrogens (tertiary/aromatic N) is 1. The van der Waals surface area contributed by atoms with Gasteiger partial charge in [-0.25, -0.2) is 13.6 Å². The molecule has 0 spiro atoms. The van der Waals surface area contributed by atoms with Crippen LogP contribution in [0.15, 0.2) is 17.8 Å². The number of carbonyl (C=O) groups excluding carboxylic acids is 1. The third kappa shape index (κ3) is 6.63. The van der Waals surface area contributed by atoms with Crippen molar-refractivity contribution >= 4 is 12.3 Å². The largest absolute Gasteiger partial charge is 0.438 e. The van der Waals surface area contributed by atoms with Crippen LogP contribution in [-0.4, -0.2) is 18.2 Å². The standard InChI is InChI=1S/C6H7F2NO2/c1-3-11-5(10)9-4-6(2,7)8/h3-4H,1H2,2H3. The molecule has 0 fully saturated rings. The number of ether oxygens (including phenoxy) is 1. The van der Waals surface area contributed by atoms with Crippen LogP contribution in [0.25, 0.3) is 0 Å². The SMILES string of the molecule is C=COC(=O)N=CC(C)(F)F. The molecule has 0 aromatic carbocycles. The van der Waals surface area contributed by atoms with Crippen LogP contribution in [0.4, 0.5) is 13.6 Å². The summed E-state index contributed by atoms with van der Waals surface area (Å²) >= 11 is 0. The van der Waals surface area contributed by atoms with Crippen LogP contribution >= 0.6 is 0 Å². The first-order valence-corrected chi connectivity index (χ1v) is 2.70. The Bertz CT molecular complexity index is 184. The van der Waals surface area contributed by atoms with Gasteiger partial charge < -0.3 is 4.74 Å². The molecule has 0 atom stereocenters. The maximum atomic E-state index is 11.9. The second-order valence-corrected chi connectivity index (χ2v) is 1.76. The van der Waals surface area contributed by atoms with Crippen LogP contribution in [0.5, 0.6) is 0 Å². The Morgan fingerprint density at radius 2 is 2.27 bits per heavy atom. The number of aliphatic imine (C=N–C) groups is 1. The molecule has 0 saturated carbocycles. The van der Waals surface area contributed by atoms with Crippen molar-refractivity contribution in [2.45, 2.75) is 12.8 Å². The lowest BCUT2D eigenvalue weighted by molar-refractivity contribution is 0.106. The van der Waals surface area contributed by atoms with E-state index in [1.807, 2.05) is 0 Å². The highest BCUT2D eigenvalue weighted by molar-refractivity contribution is 5.82. The molecule has 0 heterocycles. The average molecular weight is 163 g/mol. The van der Waals surface area contributed by atoms with Crippen LogP contribution in [0, 0.1) is 0 Å². The molecule has 0 radical (unpaired) electrons. The monoisotopic (exact) mass is 163 g/mol. The van der Waals surface area contributed by atoms with Crippen LogP contribution in [0.1, 0.15) is 6.92 Å². The second kappa shape index (κ2) is 3.80. The van der Waals surface area contributed by atoms with E-state index >= 15 is 0 Å². The summed E-state index contributed by atoms with van der Waals surface area (Å²) in [6, 6.07) is 0. The van der Waals surface area contributed by atoms with Gasteiger partial charge in [-0.1, -0.05) is 6.58 Å². The van der Waals surface area contributed by atoms with Gasteiger partial charge in [0, 0.05) is 6.92 Å². The lowest BCUT2D eigenvalue weighted by atomic mass is 10.4. The number of hydrogen-bond donors (Lipinski definition) is 0. The Labute approximate surface area is 62.4 Å². The fourth-order valence-corrected chi connectivity index (χ4v) is 0.268. The van der Waals surface area contributed by atoms with E-state index in [0.29, 0.717) is 6.92 Å². The summed E-state index contributed by atoms with van der Waals surface area (Å²) in [4.78, 5) is 13.0. The van der Waals surface area contributed by atoms with E-state index in [1.165, 1.54) is 0 Å². The third-order valence-electron chi connectivity index (χ3n) is 0.581. The normalized spacial score (nSPS) is 11.5. The van der Waals surface area contributed by atoms with E-state index in [0.717, 1.165) is 6.26 Å². The smallest absolute Gasteiger partial charge is 0.417 e. The van der Waals surface area contributed by atoms with Gasteiger partial charge in [-0.05, 0) is 0 Å². The molecular formula is C6H7F2NO2. The minimum Gasteiger partial charge on any atom is -0.417 e. The van der Waals surface area contributed by atoms with Crippen LogP contribution in [0.2, 0.25) is 0 Å². The number of amides is 1. The van der Waals surface area contributed by atoms with Gasteiger partial charge in [0.05, 0.1) is 12.5 Å². The highest BCUT2D eigenvalue weighted by Gasteiger charge is 2.17. The molecule has 0 aliphatic rings. The van der Waals surface area contributed by atoms with Gasteiger partial charge in [0.25, 0.3) is 5.92 Å². The third-order valence-corrected chi connectivity index (χ3v) is 0.581. The van der Waals surface area contributed by atoms with E-state index in [4.69, 9.17) is 0 Å². The molecule has 1 amide bonds. The first-order valence-electron chi connectivity index (χ1n) is 2.70. The van der Waals surface area contributed by atoms with Crippen molar-refractivity contribution in [2.75, 3.05) is 0 Å². The predicted molar refractivity (Wildman–Crippen MR) is 35.8 cm³/mol. The van der Waals surface area contributed by atoms with Gasteiger partial charge in [0.2, 0.25) is 0 Å². The minimum absolute atomic E-state index is 0.207. The Kier molecular flexibility index (Phi) is 3.36. The van der Waals surface area contributed by atoms with E-state index in [1.54, 1.807) is 0 Å². The number of rotatable bonds is 2. The van der Waals surface area contributed by atoms with Gasteiger partial charge in [-0.15, -0.1) is 0 Å². The summed E-state index contributed by atoms with van der Waals surface area (Å²) in [5, 5.41) is 0. The molecular weight excluding hydrogens is 156 g/mol. The van der Waals surface area contributed by atoms with Crippen molar-refractivity contribution < 1.29 is 18.3 Å². The highest BCUT2D eigenvalue weighted by Crippen LogP contribution is 2.07. The summed E-state index contributed by atoms with van der Waals surface area (Å²) in [7, 11) is 0. The molecule has 0 bridgehead atoms. The quantitative estimate of drug-likeness (QED) is 0.461. The first-order chi connectivity index (χ1) is 4.95. The number of halogens is 2. The summed E-state index contributed by atoms with van der Waals surface area (Å²) in [5.41, 5.74) is 0. The van der Waals surface area contributed by atoms with E-state index in [9.17, 15) is 13.6 Å². The van der Waals surface area contributed by atoms with Gasteiger partial charge in [-0.2, -0.15) is 4.99 Å². The summed E-state index contributed by atoms with van der Waals surface area (Å²) < 4.78 is 27.9. The van der Waals surface area contributed by atoms with Crippen LogP contribution in [0.3, 0.4) is 0 Å². The fourth-order valence-electron chi connectivity index (χ4n) is 0.268. The summed E-state index contributed by atoms with van der Waals surface area (Å²) in [6.07, 6.45) is -0.0896. The molecule has 11 heavy (non-hydrogen) atoms. The molecule has 62 valence electrons. The Hall–Kier alpha value is -1.26. The van der Waals surface area contributed by atoms with Crippen LogP contribution < -0.4 is 0 Å². The molecule has 0 unspecified atom stereocenters. The lowest BCUT2D eigenvalue weighted by Crippen LogP contribution is -2.12. The summed E-state index contributed by atoms with van der Waals surface area (Å²) in [6.45, 7) is 3.65. The lowest BCUT2D eigenvalue weighted by Gasteiger charge is -1.99. The van der Waals surface area contributed by atoms with Crippen molar-refractivity contribution in [3.05, 3.63) is 12.8 Å². The zero-order valence-electron chi connectivity index (χ0n) is 5.88. The highest BCUT2D eigenvalue weighted by atomic mass is 19.3. The van der Waals surface area contributed by atoms with Gasteiger partial charge >= 0.3 is 6.09 Å². The van der Waals surface area contributed by atoms with Gasteiger partial charge in [0.1, 0.15) is 0 Å². The number of carbonyl (C=O) groups is 1. The fraction of sp³-hybridized carbons (Fsp3) is 0.333. The molecule has 0 saturated heterocycles. The maximum absolute atomic E-state index is 11.9. The molecule has 0 aromatic rings. The topological polar surface area (TPSA) is 38.7 Å². The predicted octanol–water partition coefficient (Wildman–Crippen LogP) is 1.99. The van der Waals surface area contributed by atoms with E-state index < -0.39 is 12.0 Å². The molecule has 3 nitrogen and oxygen atoms in total. The van der Waals surface area contributed by atoms with Crippen LogP contribution in [-0.2, 0) is 4.74 Å².